The maximum absolute atomic E-state index is 12.8. The van der Waals surface area contributed by atoms with Crippen LogP contribution in [-0.4, -0.2) is 26.5 Å². The highest BCUT2D eigenvalue weighted by Gasteiger charge is 2.10. The average molecular weight is 480 g/mol. The zero-order valence-electron chi connectivity index (χ0n) is 19.2. The first-order valence-corrected chi connectivity index (χ1v) is 11.7. The van der Waals surface area contributed by atoms with Gasteiger partial charge < -0.3 is 0 Å². The van der Waals surface area contributed by atoms with E-state index < -0.39 is 0 Å². The van der Waals surface area contributed by atoms with Crippen molar-refractivity contribution in [2.75, 3.05) is 0 Å². The lowest BCUT2D eigenvalue weighted by molar-refractivity contribution is -0.117. The zero-order chi connectivity index (χ0) is 24.6. The molecule has 0 unspecified atom stereocenters. The number of ketones is 2. The number of allylic oxidation sites excluding steroid dienone is 1. The third kappa shape index (κ3) is 7.04. The molecule has 4 rings (SSSR count). The van der Waals surface area contributed by atoms with Crippen LogP contribution in [0.4, 0.5) is 0 Å². The van der Waals surface area contributed by atoms with Crippen molar-refractivity contribution in [3.63, 3.8) is 0 Å². The fourth-order valence-electron chi connectivity index (χ4n) is 3.81. The van der Waals surface area contributed by atoms with E-state index in [1.54, 1.807) is 30.7 Å². The Morgan fingerprint density at radius 2 is 1.66 bits per heavy atom. The summed E-state index contributed by atoms with van der Waals surface area (Å²) in [4.78, 5) is 38.6. The predicted octanol–water partition coefficient (Wildman–Crippen LogP) is 5.50. The second kappa shape index (κ2) is 11.5. The van der Waals surface area contributed by atoms with E-state index in [0.717, 1.165) is 27.9 Å². The van der Waals surface area contributed by atoms with E-state index in [2.05, 4.69) is 34.2 Å². The van der Waals surface area contributed by atoms with E-state index in [1.165, 1.54) is 0 Å². The minimum atomic E-state index is 0.0265. The molecule has 0 fully saturated rings. The van der Waals surface area contributed by atoms with E-state index in [1.807, 2.05) is 54.6 Å². The Bertz CT molecular complexity index is 1350. The molecule has 0 atom stereocenters. The maximum atomic E-state index is 12.8. The van der Waals surface area contributed by atoms with Gasteiger partial charge in [0.1, 0.15) is 11.6 Å². The Morgan fingerprint density at radius 1 is 0.857 bits per heavy atom. The van der Waals surface area contributed by atoms with Crippen LogP contribution < -0.4 is 0 Å². The van der Waals surface area contributed by atoms with E-state index >= 15 is 0 Å². The zero-order valence-corrected chi connectivity index (χ0v) is 20.1. The first-order chi connectivity index (χ1) is 17.0. The van der Waals surface area contributed by atoms with E-state index in [9.17, 15) is 9.59 Å². The number of aromatic nitrogens is 3. The molecule has 174 valence electrons. The molecule has 2 aromatic heterocycles. The summed E-state index contributed by atoms with van der Waals surface area (Å²) < 4.78 is 0. The van der Waals surface area contributed by atoms with Gasteiger partial charge in [0.05, 0.1) is 5.69 Å². The van der Waals surface area contributed by atoms with Crippen LogP contribution in [-0.2, 0) is 24.1 Å². The van der Waals surface area contributed by atoms with Crippen molar-refractivity contribution in [2.45, 2.75) is 25.7 Å². The van der Waals surface area contributed by atoms with Crippen molar-refractivity contribution in [3.05, 3.63) is 125 Å². The number of thiol groups is 1. The van der Waals surface area contributed by atoms with Gasteiger partial charge in [0.25, 0.3) is 0 Å². The van der Waals surface area contributed by atoms with Gasteiger partial charge in [0.15, 0.2) is 5.78 Å². The van der Waals surface area contributed by atoms with Crippen LogP contribution in [0, 0.1) is 0 Å². The smallest absolute Gasteiger partial charge is 0.167 e. The third-order valence-corrected chi connectivity index (χ3v) is 5.62. The van der Waals surface area contributed by atoms with Crippen molar-refractivity contribution >= 4 is 24.2 Å². The van der Waals surface area contributed by atoms with Crippen LogP contribution in [0.3, 0.4) is 0 Å². The fraction of sp³-hybridized carbons (Fsp3) is 0.138. The molecule has 6 heteroatoms. The Balaban J connectivity index is 1.40. The van der Waals surface area contributed by atoms with Crippen molar-refractivity contribution in [2.24, 2.45) is 0 Å². The average Bonchev–Trinajstić information content (AvgIpc) is 2.85. The maximum Gasteiger partial charge on any atom is 0.167 e. The standard InChI is InChI=1S/C29H25N3O2S/c1-20(35)14-26(33)16-21-7-9-24(10-8-21)28(34)17-22-4-2-5-23(15-22)18-29-31-13-11-27(32-29)25-6-3-12-30-19-25/h2-13,15,19,35H,1,14,16-18H2. The number of nitrogens with zero attached hydrogens (tertiary/aromatic N) is 3. The Kier molecular flexibility index (Phi) is 7.95. The van der Waals surface area contributed by atoms with Crippen molar-refractivity contribution in [1.29, 1.82) is 0 Å². The molecule has 5 nitrogen and oxygen atoms in total. The summed E-state index contributed by atoms with van der Waals surface area (Å²) in [6, 6.07) is 20.9. The topological polar surface area (TPSA) is 72.8 Å². The molecule has 0 spiro atoms. The second-order valence-electron chi connectivity index (χ2n) is 8.35. The van der Waals surface area contributed by atoms with Crippen molar-refractivity contribution in [1.82, 2.24) is 15.0 Å². The molecule has 0 aliphatic carbocycles. The van der Waals surface area contributed by atoms with Gasteiger partial charge in [-0.15, -0.1) is 12.6 Å². The lowest BCUT2D eigenvalue weighted by atomic mass is 9.98. The van der Waals surface area contributed by atoms with E-state index in [4.69, 9.17) is 0 Å². The number of pyridine rings is 1. The number of Topliss-reactive ketones (excluding diaryl/α,β-unsaturated/α-hetero) is 2. The van der Waals surface area contributed by atoms with Crippen LogP contribution in [0.2, 0.25) is 0 Å². The SMILES string of the molecule is C=C(S)CC(=O)Cc1ccc(C(=O)Cc2cccc(Cc3nccc(-c4cccnc4)n3)c2)cc1. The van der Waals surface area contributed by atoms with Crippen LogP contribution in [0.25, 0.3) is 11.3 Å². The molecule has 2 heterocycles. The van der Waals surface area contributed by atoms with Crippen LogP contribution in [0.15, 0.2) is 96.8 Å². The fourth-order valence-corrected chi connectivity index (χ4v) is 3.98. The number of benzene rings is 2. The molecular formula is C29H25N3O2S. The molecule has 0 aliphatic heterocycles. The number of carbonyl (C=O) groups excluding carboxylic acids is 2. The monoisotopic (exact) mass is 479 g/mol. The highest BCUT2D eigenvalue weighted by Crippen LogP contribution is 2.17. The van der Waals surface area contributed by atoms with Crippen LogP contribution in [0.1, 0.15) is 39.3 Å². The molecule has 2 aromatic carbocycles. The molecular weight excluding hydrogens is 454 g/mol. The molecule has 35 heavy (non-hydrogen) atoms. The predicted molar refractivity (Wildman–Crippen MR) is 140 cm³/mol. The number of hydrogen-bond donors (Lipinski definition) is 1. The van der Waals surface area contributed by atoms with Crippen LogP contribution in [0.5, 0.6) is 0 Å². The van der Waals surface area contributed by atoms with E-state index in [-0.39, 0.29) is 18.0 Å². The quantitative estimate of drug-likeness (QED) is 0.240. The van der Waals surface area contributed by atoms with Crippen molar-refractivity contribution in [3.8, 4) is 11.3 Å². The van der Waals surface area contributed by atoms with Crippen molar-refractivity contribution < 1.29 is 9.59 Å². The summed E-state index contributed by atoms with van der Waals surface area (Å²) in [6.45, 7) is 3.65. The van der Waals surface area contributed by atoms with Gasteiger partial charge in [0, 0.05) is 55.4 Å². The summed E-state index contributed by atoms with van der Waals surface area (Å²) in [5, 5.41) is 0. The van der Waals surface area contributed by atoms with Gasteiger partial charge in [-0.3, -0.25) is 14.6 Å². The third-order valence-electron chi connectivity index (χ3n) is 5.46. The Labute approximate surface area is 210 Å². The number of carbonyl (C=O) groups is 2. The van der Waals surface area contributed by atoms with Gasteiger partial charge in [-0.1, -0.05) is 55.1 Å². The molecule has 0 radical (unpaired) electrons. The minimum absolute atomic E-state index is 0.0265. The number of rotatable bonds is 10. The largest absolute Gasteiger partial charge is 0.299 e. The van der Waals surface area contributed by atoms with E-state index in [0.29, 0.717) is 35.6 Å². The molecule has 0 aliphatic rings. The normalized spacial score (nSPS) is 10.7. The molecule has 4 aromatic rings. The first-order valence-electron chi connectivity index (χ1n) is 11.3. The second-order valence-corrected chi connectivity index (χ2v) is 8.98. The number of hydrogen-bond acceptors (Lipinski definition) is 6. The summed E-state index contributed by atoms with van der Waals surface area (Å²) in [5.41, 5.74) is 5.24. The Hall–Kier alpha value is -3.90. The van der Waals surface area contributed by atoms with Crippen LogP contribution >= 0.6 is 12.6 Å². The summed E-state index contributed by atoms with van der Waals surface area (Å²) >= 11 is 4.08. The highest BCUT2D eigenvalue weighted by molar-refractivity contribution is 7.84. The molecule has 0 bridgehead atoms. The van der Waals surface area contributed by atoms with Gasteiger partial charge in [-0.2, -0.15) is 0 Å². The summed E-state index contributed by atoms with van der Waals surface area (Å²) in [5.74, 6) is 0.788. The molecule has 0 amide bonds. The van der Waals surface area contributed by atoms with Gasteiger partial charge in [0.2, 0.25) is 0 Å². The van der Waals surface area contributed by atoms with Gasteiger partial charge in [-0.05, 0) is 39.8 Å². The molecule has 0 saturated carbocycles. The summed E-state index contributed by atoms with van der Waals surface area (Å²) in [7, 11) is 0. The van der Waals surface area contributed by atoms with Gasteiger partial charge in [-0.25, -0.2) is 9.97 Å². The minimum Gasteiger partial charge on any atom is -0.299 e. The van der Waals surface area contributed by atoms with Gasteiger partial charge >= 0.3 is 0 Å². The lowest BCUT2D eigenvalue weighted by Crippen LogP contribution is -2.06. The summed E-state index contributed by atoms with van der Waals surface area (Å²) in [6.07, 6.45) is 6.68. The Morgan fingerprint density at radius 3 is 2.40 bits per heavy atom. The first kappa shape index (κ1) is 24.2. The molecule has 0 saturated heterocycles. The molecule has 0 N–H and O–H groups in total. The highest BCUT2D eigenvalue weighted by atomic mass is 32.1. The lowest BCUT2D eigenvalue weighted by Gasteiger charge is -2.07.